The van der Waals surface area contributed by atoms with Crippen molar-refractivity contribution in [2.75, 3.05) is 5.32 Å². The molecule has 1 aliphatic carbocycles. The number of nitrogens with one attached hydrogen (secondary N) is 1. The molecular formula is C29H32N2O5. The van der Waals surface area contributed by atoms with Crippen LogP contribution in [0.15, 0.2) is 62.8 Å². The molecule has 0 fully saturated rings. The predicted molar refractivity (Wildman–Crippen MR) is 139 cm³/mol. The SMILES string of the molecule is CCCCC#CC(O)(CC(C)(C)C1=C2OC=CC=C2CC1)C(=O)Nc1ccc2c(=O)onc(C)c2c1. The standard InChI is InChI=1S/C29H32N2O5/c1-5-6-7-8-15-29(34,18-28(3,4)24-14-11-20-10-9-16-35-25(20)24)27(33)30-21-12-13-22-23(17-21)19(2)31-36-26(22)32/h9-10,12-13,16-17,34H,5-7,11,14,18H2,1-4H3,(H,30,33). The Balaban J connectivity index is 1.65. The van der Waals surface area contributed by atoms with E-state index in [0.29, 0.717) is 28.6 Å². The summed E-state index contributed by atoms with van der Waals surface area (Å²) in [6, 6.07) is 4.84. The van der Waals surface area contributed by atoms with E-state index < -0.39 is 22.5 Å². The molecule has 4 rings (SSSR count). The zero-order valence-electron chi connectivity index (χ0n) is 21.2. The number of amides is 1. The number of fused-ring (bicyclic) bond motifs is 2. The molecule has 0 radical (unpaired) electrons. The van der Waals surface area contributed by atoms with Crippen LogP contribution in [0.4, 0.5) is 5.69 Å². The van der Waals surface area contributed by atoms with Crippen molar-refractivity contribution in [3.05, 3.63) is 69.6 Å². The number of carbonyl (C=O) groups excluding carboxylic acids is 1. The first kappa shape index (κ1) is 25.5. The minimum absolute atomic E-state index is 0.0991. The fraction of sp³-hybridized carbons (Fsp3) is 0.414. The third kappa shape index (κ3) is 5.14. The topological polar surface area (TPSA) is 102 Å². The molecule has 188 valence electrons. The third-order valence-corrected chi connectivity index (χ3v) is 6.77. The maximum absolute atomic E-state index is 13.5. The van der Waals surface area contributed by atoms with E-state index in [1.54, 1.807) is 31.4 Å². The van der Waals surface area contributed by atoms with Gasteiger partial charge in [0, 0.05) is 23.9 Å². The summed E-state index contributed by atoms with van der Waals surface area (Å²) in [5.74, 6) is 6.12. The second-order valence-corrected chi connectivity index (χ2v) is 10.0. The lowest BCUT2D eigenvalue weighted by molar-refractivity contribution is -0.130. The quantitative estimate of drug-likeness (QED) is 0.405. The summed E-state index contributed by atoms with van der Waals surface area (Å²) < 4.78 is 10.6. The Morgan fingerprint density at radius 2 is 2.06 bits per heavy atom. The molecule has 0 saturated carbocycles. The molecule has 0 bridgehead atoms. The minimum atomic E-state index is -1.93. The number of aryl methyl sites for hydroxylation is 1. The predicted octanol–water partition coefficient (Wildman–Crippen LogP) is 5.29. The lowest BCUT2D eigenvalue weighted by Gasteiger charge is -2.34. The maximum Gasteiger partial charge on any atom is 0.366 e. The number of allylic oxidation sites excluding steroid dienone is 4. The fourth-order valence-corrected chi connectivity index (χ4v) is 4.84. The van der Waals surface area contributed by atoms with Crippen LogP contribution in [0.3, 0.4) is 0 Å². The van der Waals surface area contributed by atoms with Crippen molar-refractivity contribution in [3.8, 4) is 11.8 Å². The number of unbranched alkanes of at least 4 members (excludes halogenated alkanes) is 2. The molecule has 1 atom stereocenters. The normalized spacial score (nSPS) is 16.5. The highest BCUT2D eigenvalue weighted by molar-refractivity contribution is 6.01. The first-order valence-electron chi connectivity index (χ1n) is 12.4. The number of ether oxygens (including phenoxy) is 1. The van der Waals surface area contributed by atoms with Gasteiger partial charge in [0.05, 0.1) is 17.3 Å². The van der Waals surface area contributed by atoms with E-state index in [2.05, 4.69) is 29.2 Å². The summed E-state index contributed by atoms with van der Waals surface area (Å²) in [4.78, 5) is 25.5. The number of rotatable bonds is 7. The van der Waals surface area contributed by atoms with Crippen LogP contribution < -0.4 is 10.9 Å². The first-order chi connectivity index (χ1) is 17.1. The molecule has 2 N–H and O–H groups in total. The van der Waals surface area contributed by atoms with Crippen LogP contribution in [-0.4, -0.2) is 21.8 Å². The van der Waals surface area contributed by atoms with Crippen LogP contribution in [0.25, 0.3) is 10.8 Å². The summed E-state index contributed by atoms with van der Waals surface area (Å²) in [7, 11) is 0. The zero-order chi connectivity index (χ0) is 25.9. The van der Waals surface area contributed by atoms with Crippen molar-refractivity contribution in [1.29, 1.82) is 0 Å². The van der Waals surface area contributed by atoms with Crippen molar-refractivity contribution >= 4 is 22.4 Å². The number of hydrogen-bond acceptors (Lipinski definition) is 6. The van der Waals surface area contributed by atoms with Crippen molar-refractivity contribution < 1.29 is 19.2 Å². The Morgan fingerprint density at radius 1 is 1.25 bits per heavy atom. The van der Waals surface area contributed by atoms with Crippen LogP contribution in [0, 0.1) is 24.2 Å². The van der Waals surface area contributed by atoms with Gasteiger partial charge in [-0.3, -0.25) is 4.79 Å². The molecule has 0 spiro atoms. The van der Waals surface area contributed by atoms with Gasteiger partial charge in [-0.05, 0) is 67.0 Å². The summed E-state index contributed by atoms with van der Waals surface area (Å²) >= 11 is 0. The van der Waals surface area contributed by atoms with Gasteiger partial charge in [0.15, 0.2) is 0 Å². The molecule has 1 aliphatic heterocycles. The summed E-state index contributed by atoms with van der Waals surface area (Å²) in [6.45, 7) is 7.81. The number of benzene rings is 1. The monoisotopic (exact) mass is 488 g/mol. The van der Waals surface area contributed by atoms with Gasteiger partial charge >= 0.3 is 5.63 Å². The summed E-state index contributed by atoms with van der Waals surface area (Å²) in [5.41, 5.74) is 0.128. The number of hydrogen-bond donors (Lipinski definition) is 2. The van der Waals surface area contributed by atoms with Gasteiger partial charge in [-0.25, -0.2) is 4.79 Å². The summed E-state index contributed by atoms with van der Waals surface area (Å²) in [6.07, 6.45) is 9.79. The molecule has 0 saturated heterocycles. The number of aromatic nitrogens is 1. The van der Waals surface area contributed by atoms with E-state index in [9.17, 15) is 14.7 Å². The van der Waals surface area contributed by atoms with E-state index in [0.717, 1.165) is 42.6 Å². The van der Waals surface area contributed by atoms with Crippen molar-refractivity contribution in [2.45, 2.75) is 71.8 Å². The third-order valence-electron chi connectivity index (χ3n) is 6.77. The number of anilines is 1. The molecule has 7 heteroatoms. The number of nitrogens with zero attached hydrogens (tertiary/aromatic N) is 1. The zero-order valence-corrected chi connectivity index (χ0v) is 21.2. The lowest BCUT2D eigenvalue weighted by atomic mass is 9.74. The molecule has 2 heterocycles. The molecule has 1 amide bonds. The van der Waals surface area contributed by atoms with Gasteiger partial charge in [0.1, 0.15) is 5.76 Å². The average Bonchev–Trinajstić information content (AvgIpc) is 3.29. The van der Waals surface area contributed by atoms with Gasteiger partial charge in [-0.2, -0.15) is 0 Å². The second-order valence-electron chi connectivity index (χ2n) is 10.0. The molecule has 2 aliphatic rings. The first-order valence-corrected chi connectivity index (χ1v) is 12.4. The van der Waals surface area contributed by atoms with E-state index in [4.69, 9.17) is 9.26 Å². The number of aliphatic hydroxyl groups is 1. The van der Waals surface area contributed by atoms with Crippen molar-refractivity contribution in [1.82, 2.24) is 5.16 Å². The van der Waals surface area contributed by atoms with Gasteiger partial charge in [0.2, 0.25) is 5.60 Å². The summed E-state index contributed by atoms with van der Waals surface area (Å²) in [5, 5.41) is 19.2. The Morgan fingerprint density at radius 3 is 2.83 bits per heavy atom. The van der Waals surface area contributed by atoms with Crippen LogP contribution >= 0.6 is 0 Å². The van der Waals surface area contributed by atoms with Gasteiger partial charge < -0.3 is 19.7 Å². The molecule has 1 unspecified atom stereocenters. The van der Waals surface area contributed by atoms with Crippen LogP contribution in [0.2, 0.25) is 0 Å². The fourth-order valence-electron chi connectivity index (χ4n) is 4.84. The van der Waals surface area contributed by atoms with Gasteiger partial charge in [-0.15, -0.1) is 0 Å². The van der Waals surface area contributed by atoms with E-state index in [1.165, 1.54) is 0 Å². The van der Waals surface area contributed by atoms with E-state index >= 15 is 0 Å². The Bertz CT molecular complexity index is 1400. The Labute approximate surface area is 210 Å². The smallest absolute Gasteiger partial charge is 0.366 e. The molecule has 7 nitrogen and oxygen atoms in total. The Kier molecular flexibility index (Phi) is 7.18. The van der Waals surface area contributed by atoms with Crippen molar-refractivity contribution in [3.63, 3.8) is 0 Å². The molecule has 1 aromatic heterocycles. The van der Waals surface area contributed by atoms with Gasteiger partial charge in [-0.1, -0.05) is 50.3 Å². The van der Waals surface area contributed by atoms with Crippen LogP contribution in [0.1, 0.15) is 65.0 Å². The average molecular weight is 489 g/mol. The molecule has 1 aromatic carbocycles. The van der Waals surface area contributed by atoms with Gasteiger partial charge in [0.25, 0.3) is 5.91 Å². The van der Waals surface area contributed by atoms with E-state index in [-0.39, 0.29) is 6.42 Å². The Hall–Kier alpha value is -3.63. The highest BCUT2D eigenvalue weighted by Crippen LogP contribution is 2.47. The van der Waals surface area contributed by atoms with Crippen LogP contribution in [0.5, 0.6) is 0 Å². The lowest BCUT2D eigenvalue weighted by Crippen LogP contribution is -2.45. The maximum atomic E-state index is 13.5. The van der Waals surface area contributed by atoms with Crippen molar-refractivity contribution in [2.24, 2.45) is 5.41 Å². The van der Waals surface area contributed by atoms with E-state index in [1.807, 2.05) is 26.0 Å². The minimum Gasteiger partial charge on any atom is -0.465 e. The molecular weight excluding hydrogens is 456 g/mol. The highest BCUT2D eigenvalue weighted by Gasteiger charge is 2.44. The van der Waals surface area contributed by atoms with Crippen LogP contribution in [-0.2, 0) is 9.53 Å². The second kappa shape index (κ2) is 10.2. The highest BCUT2D eigenvalue weighted by atomic mass is 16.5. The largest absolute Gasteiger partial charge is 0.465 e. The molecule has 2 aromatic rings. The number of carbonyl (C=O) groups is 1. The molecule has 36 heavy (non-hydrogen) atoms.